The molecule has 0 amide bonds. The summed E-state index contributed by atoms with van der Waals surface area (Å²) in [5.41, 5.74) is 1.21. The fraction of sp³-hybridized carbons (Fsp3) is 0. The van der Waals surface area contributed by atoms with Crippen LogP contribution in [0.1, 0.15) is 0 Å². The number of halogens is 4. The van der Waals surface area contributed by atoms with Gasteiger partial charge < -0.3 is 5.32 Å². The van der Waals surface area contributed by atoms with Crippen LogP contribution in [0.5, 0.6) is 0 Å². The molecule has 4 nitrogen and oxygen atoms in total. The summed E-state index contributed by atoms with van der Waals surface area (Å²) in [4.78, 5) is 16.7. The van der Waals surface area contributed by atoms with Gasteiger partial charge in [-0.25, -0.2) is 9.37 Å². The summed E-state index contributed by atoms with van der Waals surface area (Å²) < 4.78 is 15.6. The highest BCUT2D eigenvalue weighted by Gasteiger charge is 2.15. The van der Waals surface area contributed by atoms with Crippen molar-refractivity contribution in [2.45, 2.75) is 0 Å². The largest absolute Gasteiger partial charge is 0.341 e. The Labute approximate surface area is 174 Å². The average molecular weight is 435 g/mol. The van der Waals surface area contributed by atoms with Crippen LogP contribution in [0.15, 0.2) is 65.5 Å². The van der Waals surface area contributed by atoms with E-state index in [2.05, 4.69) is 10.3 Å². The molecule has 0 atom stereocenters. The van der Waals surface area contributed by atoms with Crippen molar-refractivity contribution in [2.24, 2.45) is 0 Å². The Hall–Kier alpha value is -2.60. The molecule has 0 saturated carbocycles. The Morgan fingerprint density at radius 2 is 1.50 bits per heavy atom. The number of aromatic nitrogens is 2. The van der Waals surface area contributed by atoms with Crippen LogP contribution in [0.25, 0.3) is 16.7 Å². The van der Waals surface area contributed by atoms with Gasteiger partial charge in [-0.05, 0) is 54.6 Å². The standard InChI is InChI=1S/C20H11Cl3FN3O/c21-11-1-5-13(6-2-11)25-18-10-17(28)15-9-16(24)19(23)26-20(15)27(18)14-7-3-12(22)4-8-14/h1-10,25H. The molecule has 140 valence electrons. The molecule has 4 rings (SSSR count). The predicted octanol–water partition coefficient (Wildman–Crippen LogP) is 6.23. The quantitative estimate of drug-likeness (QED) is 0.389. The molecule has 2 aromatic carbocycles. The fourth-order valence-electron chi connectivity index (χ4n) is 2.81. The van der Waals surface area contributed by atoms with Crippen LogP contribution in [0, 0.1) is 5.82 Å². The molecule has 0 aliphatic heterocycles. The number of hydrogen-bond donors (Lipinski definition) is 1. The number of nitrogens with zero attached hydrogens (tertiary/aromatic N) is 2. The van der Waals surface area contributed by atoms with Gasteiger partial charge in [0.2, 0.25) is 0 Å². The minimum Gasteiger partial charge on any atom is -0.341 e. The lowest BCUT2D eigenvalue weighted by molar-refractivity contribution is 0.624. The second-order valence-electron chi connectivity index (χ2n) is 5.97. The summed E-state index contributed by atoms with van der Waals surface area (Å²) in [5.74, 6) is -0.329. The molecule has 8 heteroatoms. The molecular formula is C20H11Cl3FN3O. The summed E-state index contributed by atoms with van der Waals surface area (Å²) in [7, 11) is 0. The van der Waals surface area contributed by atoms with Gasteiger partial charge >= 0.3 is 0 Å². The van der Waals surface area contributed by atoms with Crippen molar-refractivity contribution in [3.63, 3.8) is 0 Å². The maximum atomic E-state index is 13.9. The summed E-state index contributed by atoms with van der Waals surface area (Å²) >= 11 is 17.8. The number of benzene rings is 2. The van der Waals surface area contributed by atoms with Crippen molar-refractivity contribution < 1.29 is 4.39 Å². The molecule has 0 aliphatic rings. The van der Waals surface area contributed by atoms with Gasteiger partial charge in [0.25, 0.3) is 0 Å². The molecule has 1 N–H and O–H groups in total. The second kappa shape index (κ2) is 7.43. The number of pyridine rings is 2. The predicted molar refractivity (Wildman–Crippen MR) is 112 cm³/mol. The van der Waals surface area contributed by atoms with E-state index < -0.39 is 5.82 Å². The summed E-state index contributed by atoms with van der Waals surface area (Å²) in [5, 5.41) is 4.10. The molecule has 2 aromatic heterocycles. The molecular weight excluding hydrogens is 424 g/mol. The summed E-state index contributed by atoms with van der Waals surface area (Å²) in [6.07, 6.45) is 0. The van der Waals surface area contributed by atoms with Crippen LogP contribution in [-0.4, -0.2) is 9.55 Å². The first kappa shape index (κ1) is 18.7. The Morgan fingerprint density at radius 3 is 2.14 bits per heavy atom. The lowest BCUT2D eigenvalue weighted by Gasteiger charge is -2.18. The topological polar surface area (TPSA) is 46.9 Å². The van der Waals surface area contributed by atoms with Crippen LogP contribution in [0.4, 0.5) is 15.9 Å². The molecule has 0 radical (unpaired) electrons. The van der Waals surface area contributed by atoms with Gasteiger partial charge in [0.05, 0.1) is 5.39 Å². The zero-order valence-corrected chi connectivity index (χ0v) is 16.4. The Kier molecular flexibility index (Phi) is 4.98. The van der Waals surface area contributed by atoms with Crippen LogP contribution < -0.4 is 10.7 Å². The third-order valence-electron chi connectivity index (χ3n) is 4.10. The molecule has 28 heavy (non-hydrogen) atoms. The highest BCUT2D eigenvalue weighted by atomic mass is 35.5. The number of fused-ring (bicyclic) bond motifs is 1. The molecule has 0 unspecified atom stereocenters. The van der Waals surface area contributed by atoms with Gasteiger partial charge in [-0.3, -0.25) is 9.36 Å². The normalized spacial score (nSPS) is 11.0. The van der Waals surface area contributed by atoms with Gasteiger partial charge in [0, 0.05) is 27.5 Å². The number of anilines is 2. The molecule has 0 spiro atoms. The molecule has 0 fully saturated rings. The number of hydrogen-bond acceptors (Lipinski definition) is 3. The average Bonchev–Trinajstić information content (AvgIpc) is 2.67. The smallest absolute Gasteiger partial charge is 0.193 e. The number of rotatable bonds is 3. The fourth-order valence-corrected chi connectivity index (χ4v) is 3.20. The van der Waals surface area contributed by atoms with Gasteiger partial charge in [-0.1, -0.05) is 34.8 Å². The van der Waals surface area contributed by atoms with Gasteiger partial charge in [-0.2, -0.15) is 0 Å². The van der Waals surface area contributed by atoms with Crippen LogP contribution >= 0.6 is 34.8 Å². The third kappa shape index (κ3) is 3.56. The Balaban J connectivity index is 2.01. The van der Waals surface area contributed by atoms with Gasteiger partial charge in [-0.15, -0.1) is 0 Å². The van der Waals surface area contributed by atoms with E-state index in [9.17, 15) is 9.18 Å². The zero-order chi connectivity index (χ0) is 19.8. The maximum absolute atomic E-state index is 13.9. The van der Waals surface area contributed by atoms with Crippen molar-refractivity contribution in [3.8, 4) is 5.69 Å². The van der Waals surface area contributed by atoms with Crippen molar-refractivity contribution >= 4 is 57.3 Å². The highest BCUT2D eigenvalue weighted by molar-refractivity contribution is 6.31. The maximum Gasteiger partial charge on any atom is 0.193 e. The molecule has 4 aromatic rings. The first-order valence-corrected chi connectivity index (χ1v) is 9.26. The van der Waals surface area contributed by atoms with Crippen molar-refractivity contribution in [2.75, 3.05) is 5.32 Å². The van der Waals surface area contributed by atoms with E-state index in [0.29, 0.717) is 27.2 Å². The summed E-state index contributed by atoms with van der Waals surface area (Å²) in [6.45, 7) is 0. The molecule has 0 bridgehead atoms. The first-order valence-electron chi connectivity index (χ1n) is 8.13. The Morgan fingerprint density at radius 1 is 0.893 bits per heavy atom. The van der Waals surface area contributed by atoms with Gasteiger partial charge in [0.15, 0.2) is 22.0 Å². The van der Waals surface area contributed by atoms with Crippen molar-refractivity contribution in [1.29, 1.82) is 0 Å². The minimum absolute atomic E-state index is 0.110. The zero-order valence-electron chi connectivity index (χ0n) is 14.1. The van der Waals surface area contributed by atoms with E-state index >= 15 is 0 Å². The van der Waals surface area contributed by atoms with Crippen LogP contribution in [-0.2, 0) is 0 Å². The molecule has 0 saturated heterocycles. The van der Waals surface area contributed by atoms with Gasteiger partial charge in [0.1, 0.15) is 5.82 Å². The second-order valence-corrected chi connectivity index (χ2v) is 7.20. The molecule has 0 aliphatic carbocycles. The van der Waals surface area contributed by atoms with E-state index in [1.165, 1.54) is 6.07 Å². The van der Waals surface area contributed by atoms with E-state index in [4.69, 9.17) is 34.8 Å². The Bertz CT molecular complexity index is 1240. The first-order chi connectivity index (χ1) is 13.4. The van der Waals surface area contributed by atoms with Crippen LogP contribution in [0.3, 0.4) is 0 Å². The molecule has 2 heterocycles. The minimum atomic E-state index is -0.757. The third-order valence-corrected chi connectivity index (χ3v) is 4.87. The van der Waals surface area contributed by atoms with Crippen LogP contribution in [0.2, 0.25) is 15.2 Å². The highest BCUT2D eigenvalue weighted by Crippen LogP contribution is 2.27. The van der Waals surface area contributed by atoms with E-state index in [1.54, 1.807) is 53.1 Å². The van der Waals surface area contributed by atoms with E-state index in [1.807, 2.05) is 0 Å². The van der Waals surface area contributed by atoms with E-state index in [0.717, 1.165) is 6.07 Å². The van der Waals surface area contributed by atoms with Crippen molar-refractivity contribution in [3.05, 3.63) is 91.9 Å². The van der Waals surface area contributed by atoms with E-state index in [-0.39, 0.29) is 21.6 Å². The lowest BCUT2D eigenvalue weighted by atomic mass is 10.2. The summed E-state index contributed by atoms with van der Waals surface area (Å²) in [6, 6.07) is 16.4. The number of nitrogens with one attached hydrogen (secondary N) is 1. The monoisotopic (exact) mass is 433 g/mol. The van der Waals surface area contributed by atoms with Crippen molar-refractivity contribution in [1.82, 2.24) is 9.55 Å². The lowest BCUT2D eigenvalue weighted by Crippen LogP contribution is -2.14. The SMILES string of the molecule is O=c1cc(Nc2ccc(Cl)cc2)n(-c2ccc(Cl)cc2)c2nc(Cl)c(F)cc12.